The highest BCUT2D eigenvalue weighted by Crippen LogP contribution is 2.24. The number of methoxy groups -OCH3 is 2. The first-order chi connectivity index (χ1) is 13.6. The summed E-state index contributed by atoms with van der Waals surface area (Å²) in [6, 6.07) is 13.3. The van der Waals surface area contributed by atoms with Gasteiger partial charge in [-0.2, -0.15) is 0 Å². The average Bonchev–Trinajstić information content (AvgIpc) is 2.77. The van der Waals surface area contributed by atoms with E-state index < -0.39 is 6.04 Å². The minimum atomic E-state index is -0.788. The summed E-state index contributed by atoms with van der Waals surface area (Å²) in [7, 11) is 3.04. The van der Waals surface area contributed by atoms with Crippen LogP contribution >= 0.6 is 0 Å². The molecule has 0 spiro atoms. The molecule has 2 aromatic carbocycles. The van der Waals surface area contributed by atoms with Crippen LogP contribution in [0.15, 0.2) is 48.5 Å². The lowest BCUT2D eigenvalue weighted by atomic mass is 10.0. The summed E-state index contributed by atoms with van der Waals surface area (Å²) in [5, 5.41) is 2.87. The molecule has 7 nitrogen and oxygen atoms in total. The molecule has 0 bridgehead atoms. The summed E-state index contributed by atoms with van der Waals surface area (Å²) in [5.41, 5.74) is 1.08. The van der Waals surface area contributed by atoms with Gasteiger partial charge in [-0.1, -0.05) is 30.3 Å². The summed E-state index contributed by atoms with van der Waals surface area (Å²) in [4.78, 5) is 27.8. The van der Waals surface area contributed by atoms with E-state index in [1.54, 1.807) is 23.1 Å². The number of rotatable bonds is 6. The Labute approximate surface area is 164 Å². The van der Waals surface area contributed by atoms with Gasteiger partial charge in [-0.25, -0.2) is 0 Å². The number of carbonyl (C=O) groups excluding carboxylic acids is 2. The Balaban J connectivity index is 1.87. The number of nitrogens with one attached hydrogen (secondary N) is 1. The fourth-order valence-electron chi connectivity index (χ4n) is 3.05. The summed E-state index contributed by atoms with van der Waals surface area (Å²) < 4.78 is 15.8. The molecule has 1 heterocycles. The zero-order chi connectivity index (χ0) is 19.9. The van der Waals surface area contributed by atoms with Crippen LogP contribution in [0.1, 0.15) is 22.0 Å². The largest absolute Gasteiger partial charge is 0.497 e. The van der Waals surface area contributed by atoms with Crippen molar-refractivity contribution in [2.24, 2.45) is 0 Å². The van der Waals surface area contributed by atoms with Crippen molar-refractivity contribution in [2.45, 2.75) is 6.04 Å². The highest BCUT2D eigenvalue weighted by Gasteiger charge is 2.29. The van der Waals surface area contributed by atoms with Crippen molar-refractivity contribution in [2.75, 3.05) is 40.5 Å². The molecule has 1 atom stereocenters. The van der Waals surface area contributed by atoms with E-state index in [1.807, 2.05) is 30.3 Å². The highest BCUT2D eigenvalue weighted by atomic mass is 16.5. The van der Waals surface area contributed by atoms with Gasteiger partial charge in [-0.3, -0.25) is 9.59 Å². The van der Waals surface area contributed by atoms with Crippen LogP contribution in [0.3, 0.4) is 0 Å². The van der Waals surface area contributed by atoms with Crippen LogP contribution in [0.25, 0.3) is 0 Å². The van der Waals surface area contributed by atoms with E-state index >= 15 is 0 Å². The Bertz CT molecular complexity index is 797. The number of nitrogens with zero attached hydrogens (tertiary/aromatic N) is 1. The molecule has 1 fully saturated rings. The zero-order valence-corrected chi connectivity index (χ0v) is 16.0. The van der Waals surface area contributed by atoms with Crippen molar-refractivity contribution in [3.05, 3.63) is 59.7 Å². The number of carbonyl (C=O) groups is 2. The van der Waals surface area contributed by atoms with Crippen LogP contribution in [0, 0.1) is 0 Å². The van der Waals surface area contributed by atoms with Crippen molar-refractivity contribution in [3.63, 3.8) is 0 Å². The van der Waals surface area contributed by atoms with Gasteiger partial charge in [0.15, 0.2) is 0 Å². The third-order valence-corrected chi connectivity index (χ3v) is 4.59. The molecule has 1 aliphatic heterocycles. The van der Waals surface area contributed by atoms with Crippen LogP contribution < -0.4 is 14.8 Å². The molecule has 0 unspecified atom stereocenters. The van der Waals surface area contributed by atoms with Crippen LogP contribution in [0.4, 0.5) is 0 Å². The van der Waals surface area contributed by atoms with Crippen LogP contribution in [0.2, 0.25) is 0 Å². The molecule has 3 rings (SSSR count). The maximum Gasteiger partial charge on any atom is 0.252 e. The quantitative estimate of drug-likeness (QED) is 0.825. The van der Waals surface area contributed by atoms with Crippen molar-refractivity contribution in [3.8, 4) is 11.5 Å². The standard InChI is InChI=1S/C21H24N2O5/c1-26-17-12-16(13-18(14-17)27-2)20(24)22-19(15-6-4-3-5-7-15)21(25)23-8-10-28-11-9-23/h3-7,12-14,19H,8-11H2,1-2H3,(H,22,24)/t19-/m0/s1. The SMILES string of the molecule is COc1cc(OC)cc(C(=O)N[C@H](C(=O)N2CCOCC2)c2ccccc2)c1. The predicted octanol–water partition coefficient (Wildman–Crippen LogP) is 2.03. The minimum Gasteiger partial charge on any atom is -0.497 e. The van der Waals surface area contributed by atoms with Gasteiger partial charge in [0.2, 0.25) is 5.91 Å². The third kappa shape index (κ3) is 4.61. The second kappa shape index (κ2) is 9.23. The van der Waals surface area contributed by atoms with Crippen molar-refractivity contribution in [1.29, 1.82) is 0 Å². The molecule has 2 aromatic rings. The van der Waals surface area contributed by atoms with E-state index in [2.05, 4.69) is 5.32 Å². The predicted molar refractivity (Wildman–Crippen MR) is 104 cm³/mol. The molecule has 0 aliphatic carbocycles. The van der Waals surface area contributed by atoms with Gasteiger partial charge in [0.05, 0.1) is 27.4 Å². The second-order valence-corrected chi connectivity index (χ2v) is 6.36. The monoisotopic (exact) mass is 384 g/mol. The fraction of sp³-hybridized carbons (Fsp3) is 0.333. The summed E-state index contributed by atoms with van der Waals surface area (Å²) in [5.74, 6) is 0.464. The second-order valence-electron chi connectivity index (χ2n) is 6.36. The smallest absolute Gasteiger partial charge is 0.252 e. The first-order valence-electron chi connectivity index (χ1n) is 9.08. The molecule has 0 radical (unpaired) electrons. The summed E-state index contributed by atoms with van der Waals surface area (Å²) in [6.07, 6.45) is 0. The average molecular weight is 384 g/mol. The number of hydrogen-bond acceptors (Lipinski definition) is 5. The zero-order valence-electron chi connectivity index (χ0n) is 16.0. The van der Waals surface area contributed by atoms with Gasteiger partial charge in [0, 0.05) is 24.7 Å². The Hall–Kier alpha value is -3.06. The maximum atomic E-state index is 13.1. The van der Waals surface area contributed by atoms with E-state index in [4.69, 9.17) is 14.2 Å². The molecule has 1 saturated heterocycles. The highest BCUT2D eigenvalue weighted by molar-refractivity contribution is 5.98. The van der Waals surface area contributed by atoms with E-state index in [-0.39, 0.29) is 11.8 Å². The molecule has 148 valence electrons. The molecule has 0 aromatic heterocycles. The summed E-state index contributed by atoms with van der Waals surface area (Å²) in [6.45, 7) is 2.00. The van der Waals surface area contributed by atoms with Gasteiger partial charge in [-0.05, 0) is 17.7 Å². The van der Waals surface area contributed by atoms with Crippen molar-refractivity contribution in [1.82, 2.24) is 10.2 Å². The molecule has 1 aliphatic rings. The van der Waals surface area contributed by atoms with Gasteiger partial charge in [-0.15, -0.1) is 0 Å². The summed E-state index contributed by atoms with van der Waals surface area (Å²) >= 11 is 0. The van der Waals surface area contributed by atoms with Crippen LogP contribution in [-0.2, 0) is 9.53 Å². The lowest BCUT2D eigenvalue weighted by Crippen LogP contribution is -2.47. The molecule has 0 saturated carbocycles. The molecular formula is C21H24N2O5. The molecule has 28 heavy (non-hydrogen) atoms. The Morgan fingerprint density at radius 1 is 1.00 bits per heavy atom. The van der Waals surface area contributed by atoms with Crippen LogP contribution in [-0.4, -0.2) is 57.2 Å². The Morgan fingerprint density at radius 3 is 2.18 bits per heavy atom. The van der Waals surface area contributed by atoms with E-state index in [0.717, 1.165) is 5.56 Å². The normalized spacial score (nSPS) is 14.9. The molecule has 7 heteroatoms. The number of morpholine rings is 1. The fourth-order valence-corrected chi connectivity index (χ4v) is 3.05. The minimum absolute atomic E-state index is 0.155. The van der Waals surface area contributed by atoms with Gasteiger partial charge < -0.3 is 24.4 Å². The number of ether oxygens (including phenoxy) is 3. The maximum absolute atomic E-state index is 13.1. The van der Waals surface area contributed by atoms with Crippen molar-refractivity contribution < 1.29 is 23.8 Å². The van der Waals surface area contributed by atoms with Crippen LogP contribution in [0.5, 0.6) is 11.5 Å². The Kier molecular flexibility index (Phi) is 6.49. The van der Waals surface area contributed by atoms with E-state index in [0.29, 0.717) is 43.4 Å². The van der Waals surface area contributed by atoms with Gasteiger partial charge >= 0.3 is 0 Å². The molecule has 2 amide bonds. The lowest BCUT2D eigenvalue weighted by molar-refractivity contribution is -0.137. The first-order valence-corrected chi connectivity index (χ1v) is 9.08. The van der Waals surface area contributed by atoms with Crippen molar-refractivity contribution >= 4 is 11.8 Å². The topological polar surface area (TPSA) is 77.1 Å². The first kappa shape index (κ1) is 19.7. The number of benzene rings is 2. The molecular weight excluding hydrogens is 360 g/mol. The number of amides is 2. The van der Waals surface area contributed by atoms with Gasteiger partial charge in [0.1, 0.15) is 17.5 Å². The van der Waals surface area contributed by atoms with E-state index in [9.17, 15) is 9.59 Å². The lowest BCUT2D eigenvalue weighted by Gasteiger charge is -2.31. The Morgan fingerprint density at radius 2 is 1.61 bits per heavy atom. The van der Waals surface area contributed by atoms with Gasteiger partial charge in [0.25, 0.3) is 5.91 Å². The van der Waals surface area contributed by atoms with E-state index in [1.165, 1.54) is 14.2 Å². The number of hydrogen-bond donors (Lipinski definition) is 1. The third-order valence-electron chi connectivity index (χ3n) is 4.59. The molecule has 1 N–H and O–H groups in total.